The summed E-state index contributed by atoms with van der Waals surface area (Å²) in [5.41, 5.74) is 11.4. The van der Waals surface area contributed by atoms with E-state index in [-0.39, 0.29) is 18.4 Å². The molecule has 4 aliphatic rings. The number of benzene rings is 1. The lowest BCUT2D eigenvalue weighted by molar-refractivity contribution is -0.171. The van der Waals surface area contributed by atoms with E-state index in [0.29, 0.717) is 16.7 Å². The van der Waals surface area contributed by atoms with Gasteiger partial charge >= 0.3 is 0 Å². The lowest BCUT2D eigenvalue weighted by Crippen LogP contribution is -2.59. The van der Waals surface area contributed by atoms with Gasteiger partial charge in [0.2, 0.25) is 0 Å². The zero-order valence-electron chi connectivity index (χ0n) is 17.1. The molecule has 0 saturated heterocycles. The Balaban J connectivity index is 0.00000180. The number of nitrogens with two attached hydrogens (primary N) is 1. The van der Waals surface area contributed by atoms with Gasteiger partial charge in [-0.25, -0.2) is 0 Å². The van der Waals surface area contributed by atoms with Crippen molar-refractivity contribution >= 4 is 23.4 Å². The van der Waals surface area contributed by atoms with Crippen LogP contribution in [0.25, 0.3) is 11.0 Å². The predicted molar refractivity (Wildman–Crippen MR) is 114 cm³/mol. The lowest BCUT2D eigenvalue weighted by Gasteiger charge is -2.66. The summed E-state index contributed by atoms with van der Waals surface area (Å²) >= 11 is 0. The van der Waals surface area contributed by atoms with Gasteiger partial charge in [0, 0.05) is 11.4 Å². The minimum absolute atomic E-state index is 0. The van der Waals surface area contributed by atoms with Gasteiger partial charge in [0.25, 0.3) is 0 Å². The molecular weight excluding hydrogens is 354 g/mol. The molecule has 3 heteroatoms. The van der Waals surface area contributed by atoms with E-state index in [1.807, 2.05) is 6.26 Å². The van der Waals surface area contributed by atoms with Crippen LogP contribution in [0.15, 0.2) is 28.9 Å². The molecule has 0 amide bonds. The zero-order chi connectivity index (χ0) is 18.3. The standard InChI is InChI=1S/C24H33NO.ClH/c1-14-6-5-7-19-16(13-26-22(14)19)9-20(25)15-8-18-10-17-11-21(23(17,2)3)24(18,4)12-15;/h5-7,13,15,17-18,20-21H,8-12,25H2,1-4H3;1H/t15?,17-,18-,20?,21-,24-;/m0./s1. The van der Waals surface area contributed by atoms with Crippen LogP contribution < -0.4 is 5.73 Å². The molecule has 4 fully saturated rings. The Bertz CT molecular complexity index is 855. The van der Waals surface area contributed by atoms with E-state index in [0.717, 1.165) is 29.8 Å². The van der Waals surface area contributed by atoms with Gasteiger partial charge in [0.1, 0.15) is 5.58 Å². The first-order valence-electron chi connectivity index (χ1n) is 10.5. The first kappa shape index (κ1) is 19.3. The van der Waals surface area contributed by atoms with Crippen molar-refractivity contribution in [2.45, 2.75) is 65.8 Å². The van der Waals surface area contributed by atoms with Crippen molar-refractivity contribution in [3.63, 3.8) is 0 Å². The number of aryl methyl sites for hydroxylation is 1. The largest absolute Gasteiger partial charge is 0.464 e. The van der Waals surface area contributed by atoms with E-state index < -0.39 is 0 Å². The normalized spacial score (nSPS) is 37.4. The molecule has 0 aliphatic heterocycles. The van der Waals surface area contributed by atoms with E-state index in [4.69, 9.17) is 10.2 Å². The van der Waals surface area contributed by atoms with Gasteiger partial charge in [-0.1, -0.05) is 39.0 Å². The lowest BCUT2D eigenvalue weighted by atomic mass is 9.39. The van der Waals surface area contributed by atoms with Crippen molar-refractivity contribution in [1.82, 2.24) is 0 Å². The van der Waals surface area contributed by atoms with Gasteiger partial charge in [-0.2, -0.15) is 0 Å². The summed E-state index contributed by atoms with van der Waals surface area (Å²) in [5, 5.41) is 1.26. The number of hydrogen-bond donors (Lipinski definition) is 1. The average Bonchev–Trinajstić information content (AvgIpc) is 3.16. The molecule has 6 rings (SSSR count). The second-order valence-electron chi connectivity index (χ2n) is 10.5. The second kappa shape index (κ2) is 6.26. The molecular formula is C24H34ClNO. The molecule has 4 saturated carbocycles. The SMILES string of the molecule is Cc1cccc2c(CC(N)C3C[C@H]4C[C@H]5C[C@@H](C5(C)C)[C@@]4(C)C3)coc12.Cl. The van der Waals surface area contributed by atoms with Crippen LogP contribution in [0.1, 0.15) is 57.6 Å². The molecule has 6 atom stereocenters. The van der Waals surface area contributed by atoms with Crippen LogP contribution in [0, 0.1) is 41.4 Å². The fourth-order valence-corrected chi connectivity index (χ4v) is 7.28. The van der Waals surface area contributed by atoms with Crippen LogP contribution in [0.3, 0.4) is 0 Å². The van der Waals surface area contributed by atoms with Gasteiger partial charge in [-0.15, -0.1) is 12.4 Å². The Morgan fingerprint density at radius 2 is 1.93 bits per heavy atom. The van der Waals surface area contributed by atoms with Crippen LogP contribution in [0.4, 0.5) is 0 Å². The maximum absolute atomic E-state index is 6.80. The fraction of sp³-hybridized carbons (Fsp3) is 0.667. The van der Waals surface area contributed by atoms with Crippen molar-refractivity contribution in [2.24, 2.45) is 40.2 Å². The van der Waals surface area contributed by atoms with Crippen LogP contribution in [-0.4, -0.2) is 6.04 Å². The maximum atomic E-state index is 6.80. The quantitative estimate of drug-likeness (QED) is 0.687. The van der Waals surface area contributed by atoms with E-state index in [2.05, 4.69) is 45.9 Å². The van der Waals surface area contributed by atoms with E-state index >= 15 is 0 Å². The molecule has 2 nitrogen and oxygen atoms in total. The summed E-state index contributed by atoms with van der Waals surface area (Å²) in [6.07, 6.45) is 8.47. The van der Waals surface area contributed by atoms with Gasteiger partial charge in [0.15, 0.2) is 0 Å². The second-order valence-corrected chi connectivity index (χ2v) is 10.5. The van der Waals surface area contributed by atoms with Crippen LogP contribution in [0.2, 0.25) is 0 Å². The van der Waals surface area contributed by atoms with Gasteiger partial charge in [0.05, 0.1) is 6.26 Å². The third-order valence-electron chi connectivity index (χ3n) is 9.00. The molecule has 1 heterocycles. The number of halogens is 1. The third-order valence-corrected chi connectivity index (χ3v) is 9.00. The van der Waals surface area contributed by atoms with Crippen LogP contribution in [-0.2, 0) is 6.42 Å². The molecule has 27 heavy (non-hydrogen) atoms. The molecule has 1 aromatic heterocycles. The number of hydrogen-bond acceptors (Lipinski definition) is 2. The summed E-state index contributed by atoms with van der Waals surface area (Å²) in [5.74, 6) is 3.43. The summed E-state index contributed by atoms with van der Waals surface area (Å²) in [6.45, 7) is 9.73. The summed E-state index contributed by atoms with van der Waals surface area (Å²) in [6, 6.07) is 6.68. The highest BCUT2D eigenvalue weighted by atomic mass is 35.5. The van der Waals surface area contributed by atoms with Crippen molar-refractivity contribution in [1.29, 1.82) is 0 Å². The first-order chi connectivity index (χ1) is 12.3. The highest BCUT2D eigenvalue weighted by Gasteiger charge is 2.65. The summed E-state index contributed by atoms with van der Waals surface area (Å²) < 4.78 is 5.85. The van der Waals surface area contributed by atoms with Crippen molar-refractivity contribution in [2.75, 3.05) is 0 Å². The number of furan rings is 1. The van der Waals surface area contributed by atoms with E-state index in [1.165, 1.54) is 42.2 Å². The molecule has 0 spiro atoms. The Morgan fingerprint density at radius 3 is 2.67 bits per heavy atom. The minimum atomic E-state index is 0. The number of rotatable bonds is 3. The average molecular weight is 388 g/mol. The monoisotopic (exact) mass is 387 g/mol. The molecule has 4 aliphatic carbocycles. The molecule has 2 aromatic rings. The molecule has 1 aromatic carbocycles. The molecule has 148 valence electrons. The van der Waals surface area contributed by atoms with E-state index in [9.17, 15) is 0 Å². The summed E-state index contributed by atoms with van der Waals surface area (Å²) in [4.78, 5) is 0. The highest BCUT2D eigenvalue weighted by molar-refractivity contribution is 5.85. The fourth-order valence-electron chi connectivity index (χ4n) is 7.28. The molecule has 2 bridgehead atoms. The molecule has 2 unspecified atom stereocenters. The van der Waals surface area contributed by atoms with Gasteiger partial charge in [-0.3, -0.25) is 0 Å². The summed E-state index contributed by atoms with van der Waals surface area (Å²) in [7, 11) is 0. The Morgan fingerprint density at radius 1 is 1.15 bits per heavy atom. The Kier molecular flexibility index (Phi) is 4.48. The van der Waals surface area contributed by atoms with Gasteiger partial charge in [-0.05, 0) is 84.7 Å². The third kappa shape index (κ3) is 2.63. The van der Waals surface area contributed by atoms with Gasteiger partial charge < -0.3 is 10.2 Å². The highest BCUT2D eigenvalue weighted by Crippen LogP contribution is 2.72. The van der Waals surface area contributed by atoms with Crippen LogP contribution in [0.5, 0.6) is 0 Å². The first-order valence-corrected chi connectivity index (χ1v) is 10.5. The topological polar surface area (TPSA) is 39.2 Å². The van der Waals surface area contributed by atoms with Crippen molar-refractivity contribution in [3.05, 3.63) is 35.6 Å². The Labute approximate surface area is 169 Å². The predicted octanol–water partition coefficient (Wildman–Crippen LogP) is 6.13. The van der Waals surface area contributed by atoms with E-state index in [1.54, 1.807) is 0 Å². The maximum Gasteiger partial charge on any atom is 0.137 e. The molecule has 0 radical (unpaired) electrons. The number of para-hydroxylation sites is 1. The van der Waals surface area contributed by atoms with Crippen LogP contribution >= 0.6 is 12.4 Å². The smallest absolute Gasteiger partial charge is 0.137 e. The van der Waals surface area contributed by atoms with Crippen molar-refractivity contribution in [3.8, 4) is 0 Å². The van der Waals surface area contributed by atoms with Crippen molar-refractivity contribution < 1.29 is 4.42 Å². The number of fused-ring (bicyclic) bond motifs is 1. The zero-order valence-corrected chi connectivity index (χ0v) is 17.9. The molecule has 2 N–H and O–H groups in total. The minimum Gasteiger partial charge on any atom is -0.464 e. The Hall–Kier alpha value is -0.990.